The zero-order valence-electron chi connectivity index (χ0n) is 9.17. The maximum absolute atomic E-state index is 13.2. The van der Waals surface area contributed by atoms with Gasteiger partial charge in [-0.1, -0.05) is 6.07 Å². The molecule has 0 aliphatic heterocycles. The van der Waals surface area contributed by atoms with Crippen molar-refractivity contribution >= 4 is 11.8 Å². The number of primary amides is 1. The molecule has 2 amide bonds. The predicted molar refractivity (Wildman–Crippen MR) is 56.9 cm³/mol. The van der Waals surface area contributed by atoms with Gasteiger partial charge in [-0.05, 0) is 19.1 Å². The average Bonchev–Trinajstić information content (AvgIpc) is 2.23. The summed E-state index contributed by atoms with van der Waals surface area (Å²) in [4.78, 5) is 22.1. The fraction of sp³-hybridized carbons (Fsp3) is 0.273. The van der Waals surface area contributed by atoms with Crippen LogP contribution in [0.4, 0.5) is 8.78 Å². The maximum atomic E-state index is 13.2. The van der Waals surface area contributed by atoms with E-state index in [2.05, 4.69) is 5.32 Å². The van der Waals surface area contributed by atoms with Crippen LogP contribution in [-0.4, -0.2) is 17.9 Å². The lowest BCUT2D eigenvalue weighted by Gasteiger charge is -2.10. The SMILES string of the molecule is C[C@@H](NC(=O)Cc1c(F)cccc1F)C(N)=O. The standard InChI is InChI=1S/C11H12F2N2O2/c1-6(11(14)17)15-10(16)5-7-8(12)3-2-4-9(7)13/h2-4,6H,5H2,1H3,(H2,14,17)(H,15,16)/t6-/m1/s1. The van der Waals surface area contributed by atoms with Crippen LogP contribution in [0.5, 0.6) is 0 Å². The summed E-state index contributed by atoms with van der Waals surface area (Å²) in [6.07, 6.45) is -0.476. The molecule has 1 rings (SSSR count). The van der Waals surface area contributed by atoms with Crippen molar-refractivity contribution in [2.75, 3.05) is 0 Å². The van der Waals surface area contributed by atoms with Crippen molar-refractivity contribution in [1.29, 1.82) is 0 Å². The van der Waals surface area contributed by atoms with Gasteiger partial charge >= 0.3 is 0 Å². The smallest absolute Gasteiger partial charge is 0.239 e. The van der Waals surface area contributed by atoms with Crippen LogP contribution < -0.4 is 11.1 Å². The van der Waals surface area contributed by atoms with Gasteiger partial charge in [-0.3, -0.25) is 9.59 Å². The first-order valence-corrected chi connectivity index (χ1v) is 4.93. The number of carbonyl (C=O) groups excluding carboxylic acids is 2. The van der Waals surface area contributed by atoms with E-state index in [0.29, 0.717) is 0 Å². The molecule has 0 heterocycles. The lowest BCUT2D eigenvalue weighted by molar-refractivity contribution is -0.126. The Balaban J connectivity index is 2.72. The summed E-state index contributed by atoms with van der Waals surface area (Å²) in [7, 11) is 0. The Bertz CT molecular complexity index is 429. The number of carbonyl (C=O) groups is 2. The van der Waals surface area contributed by atoms with Crippen LogP contribution in [-0.2, 0) is 16.0 Å². The van der Waals surface area contributed by atoms with Crippen LogP contribution in [0, 0.1) is 11.6 Å². The molecule has 6 heteroatoms. The first kappa shape index (κ1) is 13.1. The molecule has 92 valence electrons. The van der Waals surface area contributed by atoms with Crippen LogP contribution >= 0.6 is 0 Å². The zero-order chi connectivity index (χ0) is 13.0. The van der Waals surface area contributed by atoms with Gasteiger partial charge in [0.2, 0.25) is 11.8 Å². The molecular formula is C11H12F2N2O2. The first-order chi connectivity index (χ1) is 7.91. The van der Waals surface area contributed by atoms with E-state index in [9.17, 15) is 18.4 Å². The van der Waals surface area contributed by atoms with Gasteiger partial charge < -0.3 is 11.1 Å². The Morgan fingerprint density at radius 2 is 1.88 bits per heavy atom. The number of rotatable bonds is 4. The van der Waals surface area contributed by atoms with Crippen molar-refractivity contribution in [1.82, 2.24) is 5.32 Å². The van der Waals surface area contributed by atoms with Gasteiger partial charge in [0, 0.05) is 5.56 Å². The van der Waals surface area contributed by atoms with Crippen molar-refractivity contribution in [3.05, 3.63) is 35.4 Å². The molecule has 0 saturated carbocycles. The number of hydrogen-bond acceptors (Lipinski definition) is 2. The molecule has 3 N–H and O–H groups in total. The van der Waals surface area contributed by atoms with Crippen molar-refractivity contribution in [2.45, 2.75) is 19.4 Å². The number of hydrogen-bond donors (Lipinski definition) is 2. The Kier molecular flexibility index (Phi) is 4.14. The maximum Gasteiger partial charge on any atom is 0.239 e. The van der Waals surface area contributed by atoms with Crippen molar-refractivity contribution in [3.8, 4) is 0 Å². The normalized spacial score (nSPS) is 11.9. The number of nitrogens with one attached hydrogen (secondary N) is 1. The van der Waals surface area contributed by atoms with Gasteiger partial charge in [-0.15, -0.1) is 0 Å². The molecule has 0 saturated heterocycles. The van der Waals surface area contributed by atoms with Crippen molar-refractivity contribution < 1.29 is 18.4 Å². The zero-order valence-corrected chi connectivity index (χ0v) is 9.17. The molecule has 0 bridgehead atoms. The molecule has 0 radical (unpaired) electrons. The Labute approximate surface area is 96.8 Å². The van der Waals surface area contributed by atoms with Gasteiger partial charge in [-0.25, -0.2) is 8.78 Å². The Morgan fingerprint density at radius 3 is 2.35 bits per heavy atom. The average molecular weight is 242 g/mol. The second-order valence-electron chi connectivity index (χ2n) is 3.57. The van der Waals surface area contributed by atoms with Gasteiger partial charge in [0.15, 0.2) is 0 Å². The van der Waals surface area contributed by atoms with E-state index in [-0.39, 0.29) is 5.56 Å². The lowest BCUT2D eigenvalue weighted by atomic mass is 10.1. The Morgan fingerprint density at radius 1 is 1.35 bits per heavy atom. The summed E-state index contributed by atoms with van der Waals surface area (Å²) >= 11 is 0. The molecule has 0 fully saturated rings. The van der Waals surface area contributed by atoms with E-state index in [1.807, 2.05) is 0 Å². The van der Waals surface area contributed by atoms with Crippen LogP contribution in [0.25, 0.3) is 0 Å². The molecule has 0 aromatic heterocycles. The fourth-order valence-electron chi connectivity index (χ4n) is 1.23. The van der Waals surface area contributed by atoms with Crippen LogP contribution in [0.3, 0.4) is 0 Å². The van der Waals surface area contributed by atoms with Gasteiger partial charge in [-0.2, -0.15) is 0 Å². The molecule has 17 heavy (non-hydrogen) atoms. The third-order valence-electron chi connectivity index (χ3n) is 2.20. The molecule has 1 aromatic carbocycles. The summed E-state index contributed by atoms with van der Waals surface area (Å²) in [6, 6.07) is 2.45. The third-order valence-corrected chi connectivity index (χ3v) is 2.20. The van der Waals surface area contributed by atoms with Gasteiger partial charge in [0.05, 0.1) is 6.42 Å². The summed E-state index contributed by atoms with van der Waals surface area (Å²) in [6.45, 7) is 1.39. The van der Waals surface area contributed by atoms with E-state index in [1.165, 1.54) is 13.0 Å². The van der Waals surface area contributed by atoms with Gasteiger partial charge in [0.25, 0.3) is 0 Å². The van der Waals surface area contributed by atoms with Crippen molar-refractivity contribution in [2.24, 2.45) is 5.73 Å². The highest BCUT2D eigenvalue weighted by Gasteiger charge is 2.16. The highest BCUT2D eigenvalue weighted by molar-refractivity contribution is 5.87. The molecule has 0 spiro atoms. The second kappa shape index (κ2) is 5.38. The molecule has 0 aliphatic carbocycles. The monoisotopic (exact) mass is 242 g/mol. The van der Waals surface area contributed by atoms with E-state index < -0.39 is 35.9 Å². The van der Waals surface area contributed by atoms with E-state index >= 15 is 0 Å². The minimum absolute atomic E-state index is 0.332. The summed E-state index contributed by atoms with van der Waals surface area (Å²) in [5, 5.41) is 2.24. The van der Waals surface area contributed by atoms with Crippen LogP contribution in [0.1, 0.15) is 12.5 Å². The number of benzene rings is 1. The highest BCUT2D eigenvalue weighted by Crippen LogP contribution is 2.12. The molecule has 0 unspecified atom stereocenters. The minimum atomic E-state index is -0.877. The Hall–Kier alpha value is -1.98. The second-order valence-corrected chi connectivity index (χ2v) is 3.57. The summed E-state index contributed by atoms with van der Waals surface area (Å²) < 4.78 is 26.4. The predicted octanol–water partition coefficient (Wildman–Crippen LogP) is 0.497. The molecule has 0 aliphatic rings. The van der Waals surface area contributed by atoms with Crippen LogP contribution in [0.2, 0.25) is 0 Å². The number of nitrogens with two attached hydrogens (primary N) is 1. The number of amides is 2. The molecular weight excluding hydrogens is 230 g/mol. The van der Waals surface area contributed by atoms with E-state index in [1.54, 1.807) is 0 Å². The quantitative estimate of drug-likeness (QED) is 0.806. The fourth-order valence-corrected chi connectivity index (χ4v) is 1.23. The minimum Gasteiger partial charge on any atom is -0.368 e. The first-order valence-electron chi connectivity index (χ1n) is 4.93. The summed E-state index contributed by atoms with van der Waals surface area (Å²) in [5.74, 6) is -2.98. The van der Waals surface area contributed by atoms with Crippen molar-refractivity contribution in [3.63, 3.8) is 0 Å². The summed E-state index contributed by atoms with van der Waals surface area (Å²) in [5.41, 5.74) is 4.60. The highest BCUT2D eigenvalue weighted by atomic mass is 19.1. The van der Waals surface area contributed by atoms with E-state index in [4.69, 9.17) is 5.73 Å². The number of halogens is 2. The van der Waals surface area contributed by atoms with E-state index in [0.717, 1.165) is 12.1 Å². The molecule has 4 nitrogen and oxygen atoms in total. The molecule has 1 atom stereocenters. The van der Waals surface area contributed by atoms with Crippen LogP contribution in [0.15, 0.2) is 18.2 Å². The third kappa shape index (κ3) is 3.51. The van der Waals surface area contributed by atoms with Gasteiger partial charge in [0.1, 0.15) is 17.7 Å². The molecule has 1 aromatic rings. The largest absolute Gasteiger partial charge is 0.368 e. The lowest BCUT2D eigenvalue weighted by Crippen LogP contribution is -2.42. The topological polar surface area (TPSA) is 72.2 Å².